The van der Waals surface area contributed by atoms with E-state index >= 15 is 0 Å². The van der Waals surface area contributed by atoms with E-state index in [9.17, 15) is 30.0 Å². The normalized spacial score (nSPS) is 27.4. The molecule has 0 radical (unpaired) electrons. The zero-order chi connectivity index (χ0) is 34.1. The minimum atomic E-state index is -1.14. The monoisotopic (exact) mass is 684 g/mol. The van der Waals surface area contributed by atoms with Crippen molar-refractivity contribution >= 4 is 23.6 Å². The maximum absolute atomic E-state index is 13.0. The van der Waals surface area contributed by atoms with Crippen LogP contribution in [0.2, 0.25) is 0 Å². The molecule has 0 spiro atoms. The first kappa shape index (κ1) is 36.4. The Labute approximate surface area is 275 Å². The molecule has 17 heteroatoms. The van der Waals surface area contributed by atoms with Crippen LogP contribution in [0.5, 0.6) is 23.0 Å². The molecule has 8 atom stereocenters. The Kier molecular flexibility index (Phi) is 13.3. The number of carbonyl (C=O) groups is 2. The van der Waals surface area contributed by atoms with E-state index in [1.807, 2.05) is 0 Å². The molecule has 260 valence electrons. The fraction of sp³-hybridized carbons (Fsp3) is 0.533. The summed E-state index contributed by atoms with van der Waals surface area (Å²) >= 11 is 0.998. The van der Waals surface area contributed by atoms with Gasteiger partial charge in [-0.15, -0.1) is 0 Å². The van der Waals surface area contributed by atoms with E-state index in [0.717, 1.165) is 11.8 Å². The first-order chi connectivity index (χ1) is 22.6. The highest BCUT2D eigenvalue weighted by Gasteiger charge is 2.45. The summed E-state index contributed by atoms with van der Waals surface area (Å²) in [6.07, 6.45) is -6.31. The van der Waals surface area contributed by atoms with Crippen molar-refractivity contribution in [2.24, 2.45) is 0 Å². The molecule has 4 unspecified atom stereocenters. The van der Waals surface area contributed by atoms with Crippen molar-refractivity contribution in [2.75, 3.05) is 41.7 Å². The second-order valence-corrected chi connectivity index (χ2v) is 11.8. The average Bonchev–Trinajstić information content (AvgIpc) is 3.10. The number of rotatable bonds is 14. The second-order valence-electron chi connectivity index (χ2n) is 10.6. The highest BCUT2D eigenvalue weighted by Crippen LogP contribution is 2.38. The second kappa shape index (κ2) is 17.1. The lowest BCUT2D eigenvalue weighted by molar-refractivity contribution is -0.187. The molecule has 2 aromatic carbocycles. The molecular weight excluding hydrogens is 644 g/mol. The lowest BCUT2D eigenvalue weighted by atomic mass is 10.0. The third-order valence-electron chi connectivity index (χ3n) is 7.49. The van der Waals surface area contributed by atoms with Crippen LogP contribution in [0.25, 0.3) is 0 Å². The Hall–Kier alpha value is -3.39. The summed E-state index contributed by atoms with van der Waals surface area (Å²) in [7, 11) is 5.77. The van der Waals surface area contributed by atoms with Gasteiger partial charge >= 0.3 is 0 Å². The van der Waals surface area contributed by atoms with Crippen LogP contribution in [0.15, 0.2) is 36.4 Å². The molecule has 0 bridgehead atoms. The molecule has 2 aliphatic rings. The zero-order valence-electron chi connectivity index (χ0n) is 26.2. The van der Waals surface area contributed by atoms with E-state index in [4.69, 9.17) is 38.1 Å². The molecule has 2 amide bonds. The highest BCUT2D eigenvalue weighted by molar-refractivity contribution is 8.00. The van der Waals surface area contributed by atoms with Crippen LogP contribution in [0.3, 0.4) is 0 Å². The van der Waals surface area contributed by atoms with Gasteiger partial charge in [-0.25, -0.2) is 11.0 Å². The summed E-state index contributed by atoms with van der Waals surface area (Å²) in [5.74, 6) is 0.237. The van der Waals surface area contributed by atoms with Crippen molar-refractivity contribution in [1.29, 1.82) is 0 Å². The van der Waals surface area contributed by atoms with Crippen molar-refractivity contribution in [2.45, 2.75) is 60.3 Å². The number of ether oxygens (including phenoxy) is 6. The van der Waals surface area contributed by atoms with E-state index in [0.29, 0.717) is 23.0 Å². The summed E-state index contributed by atoms with van der Waals surface area (Å²) in [5.41, 5.74) is 3.12. The lowest BCUT2D eigenvalue weighted by Gasteiger charge is -2.42. The number of benzene rings is 2. The van der Waals surface area contributed by atoms with Gasteiger partial charge in [-0.1, -0.05) is 11.8 Å². The van der Waals surface area contributed by atoms with Gasteiger partial charge in [0.15, 0.2) is 0 Å². The fourth-order valence-corrected chi connectivity index (χ4v) is 6.23. The zero-order valence-corrected chi connectivity index (χ0v) is 27.0. The van der Waals surface area contributed by atoms with Gasteiger partial charge in [-0.2, -0.15) is 0 Å². The number of carbonyl (C=O) groups excluding carboxylic acids is 2. The van der Waals surface area contributed by atoms with Crippen molar-refractivity contribution in [1.82, 2.24) is 11.0 Å². The third-order valence-corrected chi connectivity index (χ3v) is 8.86. The molecule has 47 heavy (non-hydrogen) atoms. The molecule has 2 aromatic rings. The van der Waals surface area contributed by atoms with Crippen LogP contribution in [-0.2, 0) is 19.1 Å². The van der Waals surface area contributed by atoms with Crippen molar-refractivity contribution in [3.05, 3.63) is 47.5 Å². The summed E-state index contributed by atoms with van der Waals surface area (Å²) in [5, 5.41) is 40.8. The molecule has 0 aromatic heterocycles. The largest absolute Gasteiger partial charge is 0.497 e. The standard InChI is InChI=1S/C30H40N2O14S/c1-39-17-5-15(6-18(9-17)40-2)27(37)31-45-23-11-21(35)25(13-33)43-29(23)47-30-24(12-22(36)26(14-34)44-30)46-32-28(38)16-7-19(41-3)10-20(8-16)42-4/h5-10,21-26,29-30,33-36H,11-14H2,1-4H3,(H,31,37)(H,32,38)/t21-,22?,23-,24?,25+,26?,29+,30?/m1/s1. The SMILES string of the molecule is COc1cc(OC)cc(C(=O)NOC2CC(O)C(CO)OC2S[C@@H]2O[C@@H](CO)[C@H](O)C[C@H]2ONC(=O)c2cc(OC)cc(OC)c2)c1. The van der Waals surface area contributed by atoms with E-state index in [-0.39, 0.29) is 24.0 Å². The molecule has 0 saturated carbocycles. The highest BCUT2D eigenvalue weighted by atomic mass is 32.2. The van der Waals surface area contributed by atoms with Crippen LogP contribution in [-0.4, -0.2) is 121 Å². The minimum Gasteiger partial charge on any atom is -0.497 e. The maximum Gasteiger partial charge on any atom is 0.275 e. The van der Waals surface area contributed by atoms with Crippen LogP contribution in [0.4, 0.5) is 0 Å². The molecule has 6 N–H and O–H groups in total. The molecule has 2 fully saturated rings. The van der Waals surface area contributed by atoms with E-state index in [1.165, 1.54) is 52.7 Å². The van der Waals surface area contributed by atoms with E-state index in [1.54, 1.807) is 12.1 Å². The van der Waals surface area contributed by atoms with Crippen LogP contribution in [0.1, 0.15) is 33.6 Å². The summed E-state index contributed by atoms with van der Waals surface area (Å²) < 4.78 is 32.7. The Morgan fingerprint density at radius 1 is 0.681 bits per heavy atom. The molecule has 16 nitrogen and oxygen atoms in total. The van der Waals surface area contributed by atoms with Gasteiger partial charge < -0.3 is 48.8 Å². The topological polar surface area (TPSA) is 213 Å². The van der Waals surface area contributed by atoms with Crippen molar-refractivity contribution in [3.63, 3.8) is 0 Å². The first-order valence-corrected chi connectivity index (χ1v) is 15.5. The molecule has 2 saturated heterocycles. The fourth-order valence-electron chi connectivity index (χ4n) is 4.86. The number of hydrogen-bond donors (Lipinski definition) is 6. The van der Waals surface area contributed by atoms with E-state index in [2.05, 4.69) is 11.0 Å². The van der Waals surface area contributed by atoms with Crippen LogP contribution < -0.4 is 29.9 Å². The first-order valence-electron chi connectivity index (χ1n) is 14.5. The quantitative estimate of drug-likeness (QED) is 0.146. The van der Waals surface area contributed by atoms with Gasteiger partial charge in [-0.05, 0) is 24.3 Å². The van der Waals surface area contributed by atoms with Gasteiger partial charge in [0.1, 0.15) is 58.3 Å². The van der Waals surface area contributed by atoms with Gasteiger partial charge in [0.05, 0.1) is 53.9 Å². The summed E-state index contributed by atoms with van der Waals surface area (Å²) in [4.78, 5) is 37.4. The molecule has 2 heterocycles. The number of thioether (sulfide) groups is 1. The number of nitrogens with one attached hydrogen (secondary N) is 2. The molecule has 0 aliphatic carbocycles. The summed E-state index contributed by atoms with van der Waals surface area (Å²) in [6, 6.07) is 9.12. The minimum absolute atomic E-state index is 0.0523. The number of hydrogen-bond acceptors (Lipinski definition) is 15. The van der Waals surface area contributed by atoms with Crippen LogP contribution in [0, 0.1) is 0 Å². The van der Waals surface area contributed by atoms with E-state index < -0.39 is 72.5 Å². The van der Waals surface area contributed by atoms with Crippen LogP contribution >= 0.6 is 11.8 Å². The summed E-state index contributed by atoms with van der Waals surface area (Å²) in [6.45, 7) is -1.02. The van der Waals surface area contributed by atoms with Gasteiger partial charge in [-0.3, -0.25) is 19.3 Å². The number of aliphatic hydroxyl groups excluding tert-OH is 4. The number of hydroxylamine groups is 2. The predicted molar refractivity (Wildman–Crippen MR) is 164 cm³/mol. The lowest BCUT2D eigenvalue weighted by Crippen LogP contribution is -2.54. The van der Waals surface area contributed by atoms with Gasteiger partial charge in [0.2, 0.25) is 0 Å². The Morgan fingerprint density at radius 2 is 1.02 bits per heavy atom. The maximum atomic E-state index is 13.0. The predicted octanol–water partition coefficient (Wildman–Crippen LogP) is 0.151. The van der Waals surface area contributed by atoms with Gasteiger partial charge in [0, 0.05) is 36.1 Å². The number of methoxy groups -OCH3 is 4. The average molecular weight is 685 g/mol. The molecular formula is C30H40N2O14S. The number of amides is 2. The number of aliphatic hydroxyl groups is 4. The van der Waals surface area contributed by atoms with Gasteiger partial charge in [0.25, 0.3) is 11.8 Å². The molecule has 4 rings (SSSR count). The Morgan fingerprint density at radius 3 is 1.32 bits per heavy atom. The van der Waals surface area contributed by atoms with Crippen molar-refractivity contribution in [3.8, 4) is 23.0 Å². The Bertz CT molecular complexity index is 1210. The Balaban J connectivity index is 1.49. The smallest absolute Gasteiger partial charge is 0.275 e. The third kappa shape index (κ3) is 9.37. The van der Waals surface area contributed by atoms with Crippen molar-refractivity contribution < 1.29 is 68.1 Å². The molecule has 2 aliphatic heterocycles.